The van der Waals surface area contributed by atoms with Crippen LogP contribution in [0, 0.1) is 0 Å². The van der Waals surface area contributed by atoms with Crippen molar-refractivity contribution >= 4 is 11.6 Å². The van der Waals surface area contributed by atoms with Gasteiger partial charge in [-0.3, -0.25) is 4.68 Å². The molecule has 17 heavy (non-hydrogen) atoms. The van der Waals surface area contributed by atoms with E-state index in [9.17, 15) is 5.11 Å². The fourth-order valence-corrected chi connectivity index (χ4v) is 2.17. The summed E-state index contributed by atoms with van der Waals surface area (Å²) in [6.45, 7) is 4.87. The summed E-state index contributed by atoms with van der Waals surface area (Å²) in [5.74, 6) is 0. The number of methoxy groups -OCH3 is 1. The first-order valence-corrected chi connectivity index (χ1v) is 6.45. The number of hydrogen-bond donors (Lipinski definition) is 1. The lowest BCUT2D eigenvalue weighted by Gasteiger charge is -2.22. The highest BCUT2D eigenvalue weighted by atomic mass is 35.5. The molecule has 1 N–H and O–H groups in total. The minimum atomic E-state index is -0.721. The first kappa shape index (κ1) is 14.5. The van der Waals surface area contributed by atoms with Crippen LogP contribution in [0.25, 0.3) is 0 Å². The number of nitrogens with zero attached hydrogens (tertiary/aromatic N) is 2. The van der Waals surface area contributed by atoms with Crippen molar-refractivity contribution in [3.63, 3.8) is 0 Å². The number of hydrogen-bond acceptors (Lipinski definition) is 3. The standard InChI is InChI=1S/C12H21ClN2O2/c1-4-6-10(17-3)12(16)11-9(13)8-14-15(11)7-5-2/h8,10,12,16H,4-7H2,1-3H3. The molecule has 0 aliphatic carbocycles. The molecule has 1 heterocycles. The van der Waals surface area contributed by atoms with Gasteiger partial charge in [-0.25, -0.2) is 0 Å². The van der Waals surface area contributed by atoms with E-state index in [0.29, 0.717) is 10.7 Å². The molecule has 2 unspecified atom stereocenters. The van der Waals surface area contributed by atoms with E-state index in [-0.39, 0.29) is 6.10 Å². The van der Waals surface area contributed by atoms with E-state index < -0.39 is 6.10 Å². The van der Waals surface area contributed by atoms with Gasteiger partial charge in [0.05, 0.1) is 23.0 Å². The minimum Gasteiger partial charge on any atom is -0.384 e. The number of aliphatic hydroxyl groups excluding tert-OH is 1. The van der Waals surface area contributed by atoms with Crippen LogP contribution in [0.5, 0.6) is 0 Å². The molecule has 1 rings (SSSR count). The largest absolute Gasteiger partial charge is 0.384 e. The molecule has 4 nitrogen and oxygen atoms in total. The monoisotopic (exact) mass is 260 g/mol. The van der Waals surface area contributed by atoms with Crippen molar-refractivity contribution in [3.8, 4) is 0 Å². The van der Waals surface area contributed by atoms with Gasteiger partial charge in [0.1, 0.15) is 6.10 Å². The Balaban J connectivity index is 2.92. The first-order valence-electron chi connectivity index (χ1n) is 6.07. The normalized spacial score (nSPS) is 14.9. The van der Waals surface area contributed by atoms with Crippen molar-refractivity contribution in [2.75, 3.05) is 7.11 Å². The highest BCUT2D eigenvalue weighted by Crippen LogP contribution is 2.28. The number of aliphatic hydroxyl groups is 1. The van der Waals surface area contributed by atoms with Crippen LogP contribution in [0.3, 0.4) is 0 Å². The van der Waals surface area contributed by atoms with Gasteiger partial charge in [0.15, 0.2) is 0 Å². The molecule has 0 fully saturated rings. The Morgan fingerprint density at radius 2 is 2.18 bits per heavy atom. The second kappa shape index (κ2) is 6.99. The quantitative estimate of drug-likeness (QED) is 0.820. The van der Waals surface area contributed by atoms with Crippen LogP contribution in [0.4, 0.5) is 0 Å². The third-order valence-electron chi connectivity index (χ3n) is 2.78. The SMILES string of the molecule is CCCC(OC)C(O)c1c(Cl)cnn1CCC. The van der Waals surface area contributed by atoms with Crippen molar-refractivity contribution in [1.29, 1.82) is 0 Å². The fourth-order valence-electron chi connectivity index (χ4n) is 1.92. The van der Waals surface area contributed by atoms with E-state index in [1.807, 2.05) is 0 Å². The summed E-state index contributed by atoms with van der Waals surface area (Å²) < 4.78 is 7.07. The van der Waals surface area contributed by atoms with Gasteiger partial charge in [-0.15, -0.1) is 0 Å². The van der Waals surface area contributed by atoms with E-state index in [1.54, 1.807) is 18.0 Å². The summed E-state index contributed by atoms with van der Waals surface area (Å²) in [6.07, 6.45) is 3.32. The zero-order valence-corrected chi connectivity index (χ0v) is 11.4. The molecule has 0 bridgehead atoms. The summed E-state index contributed by atoms with van der Waals surface area (Å²) in [4.78, 5) is 0. The Morgan fingerprint density at radius 3 is 2.71 bits per heavy atom. The van der Waals surface area contributed by atoms with Crippen LogP contribution in [0.15, 0.2) is 6.20 Å². The van der Waals surface area contributed by atoms with Gasteiger partial charge in [0, 0.05) is 13.7 Å². The second-order valence-corrected chi connectivity index (χ2v) is 4.52. The number of aryl methyl sites for hydroxylation is 1. The van der Waals surface area contributed by atoms with E-state index in [0.717, 1.165) is 25.8 Å². The Kier molecular flexibility index (Phi) is 5.95. The molecule has 0 radical (unpaired) electrons. The topological polar surface area (TPSA) is 47.3 Å². The Labute approximate surface area is 108 Å². The molecule has 98 valence electrons. The molecular formula is C12H21ClN2O2. The van der Waals surface area contributed by atoms with Gasteiger partial charge in [-0.1, -0.05) is 31.9 Å². The smallest absolute Gasteiger partial charge is 0.123 e. The van der Waals surface area contributed by atoms with Crippen LogP contribution >= 0.6 is 11.6 Å². The Bertz CT molecular complexity index is 341. The summed E-state index contributed by atoms with van der Waals surface area (Å²) in [5.41, 5.74) is 0.661. The van der Waals surface area contributed by atoms with Gasteiger partial charge >= 0.3 is 0 Å². The fraction of sp³-hybridized carbons (Fsp3) is 0.750. The molecule has 2 atom stereocenters. The molecule has 0 saturated heterocycles. The van der Waals surface area contributed by atoms with E-state index in [4.69, 9.17) is 16.3 Å². The maximum atomic E-state index is 10.3. The van der Waals surface area contributed by atoms with Crippen LogP contribution < -0.4 is 0 Å². The maximum Gasteiger partial charge on any atom is 0.123 e. The van der Waals surface area contributed by atoms with E-state index >= 15 is 0 Å². The molecule has 5 heteroatoms. The minimum absolute atomic E-state index is 0.232. The van der Waals surface area contributed by atoms with Gasteiger partial charge in [0.2, 0.25) is 0 Å². The molecular weight excluding hydrogens is 240 g/mol. The van der Waals surface area contributed by atoms with Crippen LogP contribution in [0.1, 0.15) is 44.9 Å². The second-order valence-electron chi connectivity index (χ2n) is 4.11. The lowest BCUT2D eigenvalue weighted by Crippen LogP contribution is -2.23. The molecule has 0 amide bonds. The van der Waals surface area contributed by atoms with Gasteiger partial charge in [-0.05, 0) is 12.8 Å². The van der Waals surface area contributed by atoms with Crippen molar-refractivity contribution in [2.24, 2.45) is 0 Å². The zero-order chi connectivity index (χ0) is 12.8. The van der Waals surface area contributed by atoms with Gasteiger partial charge in [0.25, 0.3) is 0 Å². The van der Waals surface area contributed by atoms with Gasteiger partial charge < -0.3 is 9.84 Å². The number of halogens is 1. The van der Waals surface area contributed by atoms with Crippen molar-refractivity contribution in [2.45, 2.75) is 51.9 Å². The lowest BCUT2D eigenvalue weighted by atomic mass is 10.1. The Morgan fingerprint density at radius 1 is 1.47 bits per heavy atom. The number of aromatic nitrogens is 2. The van der Waals surface area contributed by atoms with Crippen LogP contribution in [-0.2, 0) is 11.3 Å². The van der Waals surface area contributed by atoms with Crippen LogP contribution in [-0.4, -0.2) is 28.1 Å². The van der Waals surface area contributed by atoms with E-state index in [2.05, 4.69) is 18.9 Å². The predicted octanol–water partition coefficient (Wildman–Crippen LogP) is 2.80. The highest BCUT2D eigenvalue weighted by Gasteiger charge is 2.25. The predicted molar refractivity (Wildman–Crippen MR) is 68.2 cm³/mol. The average molecular weight is 261 g/mol. The third kappa shape index (κ3) is 3.44. The average Bonchev–Trinajstić information content (AvgIpc) is 2.67. The summed E-state index contributed by atoms with van der Waals surface area (Å²) in [5, 5.41) is 15.0. The molecule has 1 aromatic rings. The summed E-state index contributed by atoms with van der Waals surface area (Å²) in [6, 6.07) is 0. The van der Waals surface area contributed by atoms with Crippen molar-refractivity contribution < 1.29 is 9.84 Å². The number of ether oxygens (including phenoxy) is 1. The molecule has 0 aromatic carbocycles. The molecule has 0 saturated carbocycles. The lowest BCUT2D eigenvalue weighted by molar-refractivity contribution is -0.0220. The highest BCUT2D eigenvalue weighted by molar-refractivity contribution is 6.31. The third-order valence-corrected chi connectivity index (χ3v) is 3.07. The summed E-state index contributed by atoms with van der Waals surface area (Å²) >= 11 is 6.08. The zero-order valence-electron chi connectivity index (χ0n) is 10.7. The Hall–Kier alpha value is -0.580. The molecule has 0 aliphatic heterocycles. The van der Waals surface area contributed by atoms with Crippen LogP contribution in [0.2, 0.25) is 5.02 Å². The first-order chi connectivity index (χ1) is 8.15. The van der Waals surface area contributed by atoms with Crippen molar-refractivity contribution in [3.05, 3.63) is 16.9 Å². The number of rotatable bonds is 7. The maximum absolute atomic E-state index is 10.3. The van der Waals surface area contributed by atoms with E-state index in [1.165, 1.54) is 0 Å². The molecule has 1 aromatic heterocycles. The summed E-state index contributed by atoms with van der Waals surface area (Å²) in [7, 11) is 1.61. The van der Waals surface area contributed by atoms with Gasteiger partial charge in [-0.2, -0.15) is 5.10 Å². The molecule has 0 spiro atoms. The van der Waals surface area contributed by atoms with Crippen molar-refractivity contribution in [1.82, 2.24) is 9.78 Å². The molecule has 0 aliphatic rings.